The number of hydrogen-bond acceptors (Lipinski definition) is 4. The normalized spacial score (nSPS) is 12.0. The monoisotopic (exact) mass is 527 g/mol. The van der Waals surface area contributed by atoms with Crippen LogP contribution < -0.4 is 9.62 Å². The van der Waals surface area contributed by atoms with Gasteiger partial charge < -0.3 is 10.2 Å². The second kappa shape index (κ2) is 12.1. The zero-order valence-electron chi connectivity index (χ0n) is 20.5. The summed E-state index contributed by atoms with van der Waals surface area (Å²) in [7, 11) is -2.60. The van der Waals surface area contributed by atoms with Gasteiger partial charge in [-0.15, -0.1) is 0 Å². The van der Waals surface area contributed by atoms with Crippen LogP contribution in [0, 0.1) is 6.92 Å². The quantitative estimate of drug-likeness (QED) is 0.431. The molecule has 2 amide bonds. The van der Waals surface area contributed by atoms with Gasteiger partial charge in [0.05, 0.1) is 10.6 Å². The maximum Gasteiger partial charge on any atom is 0.264 e. The van der Waals surface area contributed by atoms with Gasteiger partial charge in [-0.05, 0) is 62.2 Å². The molecule has 0 fully saturated rings. The van der Waals surface area contributed by atoms with Gasteiger partial charge in [0.2, 0.25) is 11.8 Å². The van der Waals surface area contributed by atoms with Crippen LogP contribution in [-0.2, 0) is 26.0 Å². The summed E-state index contributed by atoms with van der Waals surface area (Å²) in [4.78, 5) is 27.5. The molecule has 9 heteroatoms. The van der Waals surface area contributed by atoms with Gasteiger partial charge in [0.1, 0.15) is 12.6 Å². The van der Waals surface area contributed by atoms with Crippen molar-refractivity contribution < 1.29 is 18.0 Å². The summed E-state index contributed by atoms with van der Waals surface area (Å²) in [6.07, 6.45) is 0.516. The topological polar surface area (TPSA) is 86.8 Å². The Labute approximate surface area is 217 Å². The van der Waals surface area contributed by atoms with Gasteiger partial charge in [-0.1, -0.05) is 59.6 Å². The molecule has 3 rings (SSSR count). The number of likely N-dealkylation sites (N-methyl/N-ethyl adjacent to an activating group) is 1. The van der Waals surface area contributed by atoms with E-state index in [2.05, 4.69) is 5.32 Å². The standard InChI is InChI=1S/C27H30ClN3O4S/c1-20-9-13-24(14-10-20)31(36(34,35)25-15-11-23(28)12-16-25)19-26(32)30(21(2)27(33)29-3)18-17-22-7-5-4-6-8-22/h4-16,21H,17-19H2,1-3H3,(H,29,33)/t21-/m0/s1. The highest BCUT2D eigenvalue weighted by atomic mass is 35.5. The molecule has 0 aliphatic rings. The molecule has 36 heavy (non-hydrogen) atoms. The molecule has 3 aromatic rings. The lowest BCUT2D eigenvalue weighted by atomic mass is 10.1. The second-order valence-corrected chi connectivity index (χ2v) is 10.7. The lowest BCUT2D eigenvalue weighted by Crippen LogP contribution is -2.51. The molecular formula is C27H30ClN3O4S. The van der Waals surface area contributed by atoms with E-state index in [4.69, 9.17) is 11.6 Å². The highest BCUT2D eigenvalue weighted by Gasteiger charge is 2.32. The van der Waals surface area contributed by atoms with Crippen molar-refractivity contribution >= 4 is 39.1 Å². The van der Waals surface area contributed by atoms with Crippen LogP contribution in [-0.4, -0.2) is 51.3 Å². The van der Waals surface area contributed by atoms with Crippen molar-refractivity contribution in [3.05, 3.63) is 95.0 Å². The second-order valence-electron chi connectivity index (χ2n) is 8.41. The van der Waals surface area contributed by atoms with Crippen molar-refractivity contribution in [2.45, 2.75) is 31.2 Å². The molecule has 0 bridgehead atoms. The minimum absolute atomic E-state index is 0.00969. The lowest BCUT2D eigenvalue weighted by molar-refractivity contribution is -0.138. The van der Waals surface area contributed by atoms with Crippen LogP contribution in [0.25, 0.3) is 0 Å². The van der Waals surface area contributed by atoms with Crippen molar-refractivity contribution in [3.63, 3.8) is 0 Å². The van der Waals surface area contributed by atoms with Crippen molar-refractivity contribution in [2.75, 3.05) is 24.4 Å². The van der Waals surface area contributed by atoms with Gasteiger partial charge in [-0.2, -0.15) is 0 Å². The summed E-state index contributed by atoms with van der Waals surface area (Å²) < 4.78 is 28.4. The maximum atomic E-state index is 13.7. The summed E-state index contributed by atoms with van der Waals surface area (Å²) in [6, 6.07) is 21.5. The molecule has 0 saturated heterocycles. The number of benzene rings is 3. The van der Waals surface area contributed by atoms with Crippen LogP contribution in [0.15, 0.2) is 83.8 Å². The third kappa shape index (κ3) is 6.65. The summed E-state index contributed by atoms with van der Waals surface area (Å²) in [5, 5.41) is 2.97. The highest BCUT2D eigenvalue weighted by Crippen LogP contribution is 2.25. The summed E-state index contributed by atoms with van der Waals surface area (Å²) in [6.45, 7) is 3.30. The SMILES string of the molecule is CNC(=O)[C@H](C)N(CCc1ccccc1)C(=O)CN(c1ccc(C)cc1)S(=O)(=O)c1ccc(Cl)cc1. The fraction of sp³-hybridized carbons (Fsp3) is 0.259. The molecule has 0 unspecified atom stereocenters. The third-order valence-corrected chi connectivity index (χ3v) is 7.94. The van der Waals surface area contributed by atoms with Crippen molar-refractivity contribution in [1.29, 1.82) is 0 Å². The van der Waals surface area contributed by atoms with Gasteiger partial charge in [0, 0.05) is 18.6 Å². The number of amides is 2. The molecule has 1 atom stereocenters. The molecule has 0 aliphatic heterocycles. The Morgan fingerprint density at radius 2 is 1.56 bits per heavy atom. The average molecular weight is 528 g/mol. The summed E-state index contributed by atoms with van der Waals surface area (Å²) in [5.74, 6) is -0.820. The molecule has 190 valence electrons. The first-order valence-corrected chi connectivity index (χ1v) is 13.3. The first-order valence-electron chi connectivity index (χ1n) is 11.5. The van der Waals surface area contributed by atoms with Gasteiger partial charge in [0.25, 0.3) is 10.0 Å². The average Bonchev–Trinajstić information content (AvgIpc) is 2.88. The van der Waals surface area contributed by atoms with E-state index < -0.39 is 28.5 Å². The van der Waals surface area contributed by atoms with Crippen molar-refractivity contribution in [3.8, 4) is 0 Å². The summed E-state index contributed by atoms with van der Waals surface area (Å²) >= 11 is 5.96. The van der Waals surface area contributed by atoms with Gasteiger partial charge >= 0.3 is 0 Å². The van der Waals surface area contributed by atoms with Crippen LogP contribution in [0.3, 0.4) is 0 Å². The van der Waals surface area contributed by atoms with Crippen LogP contribution >= 0.6 is 11.6 Å². The Morgan fingerprint density at radius 3 is 2.14 bits per heavy atom. The van der Waals surface area contributed by atoms with E-state index in [1.165, 1.54) is 36.2 Å². The molecule has 0 heterocycles. The molecule has 7 nitrogen and oxygen atoms in total. The molecule has 3 aromatic carbocycles. The van der Waals surface area contributed by atoms with Crippen molar-refractivity contribution in [1.82, 2.24) is 10.2 Å². The van der Waals surface area contributed by atoms with E-state index in [0.29, 0.717) is 17.1 Å². The lowest BCUT2D eigenvalue weighted by Gasteiger charge is -2.31. The van der Waals surface area contributed by atoms with Gasteiger partial charge in [0.15, 0.2) is 0 Å². The Kier molecular flexibility index (Phi) is 9.12. The number of sulfonamides is 1. The highest BCUT2D eigenvalue weighted by molar-refractivity contribution is 7.92. The zero-order chi connectivity index (χ0) is 26.3. The predicted octanol–water partition coefficient (Wildman–Crippen LogP) is 4.05. The van der Waals surface area contributed by atoms with Crippen LogP contribution in [0.5, 0.6) is 0 Å². The number of nitrogens with one attached hydrogen (secondary N) is 1. The molecule has 0 aromatic heterocycles. The molecular weight excluding hydrogens is 498 g/mol. The predicted molar refractivity (Wildman–Crippen MR) is 143 cm³/mol. The number of carbonyl (C=O) groups excluding carboxylic acids is 2. The zero-order valence-corrected chi connectivity index (χ0v) is 22.1. The number of hydrogen-bond donors (Lipinski definition) is 1. The van der Waals surface area contributed by atoms with Gasteiger partial charge in [-0.3, -0.25) is 13.9 Å². The number of aryl methyl sites for hydroxylation is 1. The van der Waals surface area contributed by atoms with Crippen molar-refractivity contribution in [2.24, 2.45) is 0 Å². The number of halogens is 1. The van der Waals surface area contributed by atoms with Crippen LogP contribution in [0.2, 0.25) is 5.02 Å². The first-order chi connectivity index (χ1) is 17.1. The minimum atomic E-state index is -4.10. The van der Waals surface area contributed by atoms with E-state index in [0.717, 1.165) is 15.4 Å². The van der Waals surface area contributed by atoms with Gasteiger partial charge in [-0.25, -0.2) is 8.42 Å². The number of nitrogens with zero attached hydrogens (tertiary/aromatic N) is 2. The maximum absolute atomic E-state index is 13.7. The fourth-order valence-corrected chi connectivity index (χ4v) is 5.29. The van der Waals surface area contributed by atoms with E-state index >= 15 is 0 Å². The fourth-order valence-electron chi connectivity index (χ4n) is 3.75. The smallest absolute Gasteiger partial charge is 0.264 e. The Balaban J connectivity index is 1.96. The van der Waals surface area contributed by atoms with E-state index in [-0.39, 0.29) is 17.3 Å². The minimum Gasteiger partial charge on any atom is -0.357 e. The number of anilines is 1. The number of rotatable bonds is 10. The van der Waals surface area contributed by atoms with Crippen LogP contribution in [0.1, 0.15) is 18.1 Å². The molecule has 0 aliphatic carbocycles. The Hall–Kier alpha value is -3.36. The van der Waals surface area contributed by atoms with Crippen LogP contribution in [0.4, 0.5) is 5.69 Å². The molecule has 0 radical (unpaired) electrons. The molecule has 0 spiro atoms. The first kappa shape index (κ1) is 27.2. The summed E-state index contributed by atoms with van der Waals surface area (Å²) in [5.41, 5.74) is 2.30. The number of carbonyl (C=O) groups is 2. The largest absolute Gasteiger partial charge is 0.357 e. The molecule has 1 N–H and O–H groups in total. The third-order valence-electron chi connectivity index (χ3n) is 5.90. The Morgan fingerprint density at radius 1 is 0.944 bits per heavy atom. The molecule has 0 saturated carbocycles. The van der Waals surface area contributed by atoms with E-state index in [1.54, 1.807) is 31.2 Å². The Bertz CT molecular complexity index is 1280. The van der Waals surface area contributed by atoms with E-state index in [9.17, 15) is 18.0 Å². The van der Waals surface area contributed by atoms with E-state index in [1.807, 2.05) is 37.3 Å².